The third-order valence-electron chi connectivity index (χ3n) is 2.30. The van der Waals surface area contributed by atoms with Crippen LogP contribution in [-0.2, 0) is 10.8 Å². The number of aliphatic hydroxyl groups is 1. The smallest absolute Gasteiger partial charge is 0.119 e. The van der Waals surface area contributed by atoms with Gasteiger partial charge in [-0.15, -0.1) is 0 Å². The summed E-state index contributed by atoms with van der Waals surface area (Å²) in [6.45, 7) is 2.73. The Morgan fingerprint density at radius 1 is 1.29 bits per heavy atom. The number of ether oxygens (including phenoxy) is 1. The summed E-state index contributed by atoms with van der Waals surface area (Å²) >= 11 is 0. The van der Waals surface area contributed by atoms with Crippen molar-refractivity contribution in [3.8, 4) is 5.75 Å². The van der Waals surface area contributed by atoms with Gasteiger partial charge in [0.05, 0.1) is 6.61 Å². The van der Waals surface area contributed by atoms with Gasteiger partial charge in [0.2, 0.25) is 0 Å². The third kappa shape index (κ3) is 6.44. The normalized spacial score (nSPS) is 12.4. The summed E-state index contributed by atoms with van der Waals surface area (Å²) in [7, 11) is -0.822. The minimum absolute atomic E-state index is 0.117. The molecular formula is C13H20O3S. The zero-order chi connectivity index (χ0) is 12.5. The molecule has 1 unspecified atom stereocenters. The first kappa shape index (κ1) is 14.2. The van der Waals surface area contributed by atoms with Crippen LogP contribution in [0.4, 0.5) is 0 Å². The van der Waals surface area contributed by atoms with E-state index in [1.807, 2.05) is 31.2 Å². The summed E-state index contributed by atoms with van der Waals surface area (Å²) in [4.78, 5) is 0. The van der Waals surface area contributed by atoms with E-state index >= 15 is 0 Å². The molecule has 0 aliphatic heterocycles. The number of rotatable bonds is 8. The average Bonchev–Trinajstić information content (AvgIpc) is 2.32. The van der Waals surface area contributed by atoms with Crippen molar-refractivity contribution in [2.45, 2.75) is 19.8 Å². The van der Waals surface area contributed by atoms with Crippen LogP contribution in [0.2, 0.25) is 0 Å². The van der Waals surface area contributed by atoms with Gasteiger partial charge in [0, 0.05) is 28.9 Å². The highest BCUT2D eigenvalue weighted by Crippen LogP contribution is 2.12. The molecular weight excluding hydrogens is 236 g/mol. The van der Waals surface area contributed by atoms with Crippen LogP contribution in [0.1, 0.15) is 18.4 Å². The van der Waals surface area contributed by atoms with E-state index in [2.05, 4.69) is 0 Å². The fourth-order valence-electron chi connectivity index (χ4n) is 1.44. The zero-order valence-corrected chi connectivity index (χ0v) is 11.0. The maximum Gasteiger partial charge on any atom is 0.119 e. The second kappa shape index (κ2) is 8.25. The van der Waals surface area contributed by atoms with Crippen LogP contribution in [0, 0.1) is 6.92 Å². The van der Waals surface area contributed by atoms with Gasteiger partial charge < -0.3 is 9.84 Å². The molecule has 1 aromatic rings. The van der Waals surface area contributed by atoms with Gasteiger partial charge in [0.25, 0.3) is 0 Å². The summed E-state index contributed by atoms with van der Waals surface area (Å²) in [5.41, 5.74) is 1.18. The molecule has 17 heavy (non-hydrogen) atoms. The Kier molecular flexibility index (Phi) is 6.89. The van der Waals surface area contributed by atoms with Gasteiger partial charge in [0.1, 0.15) is 5.75 Å². The van der Waals surface area contributed by atoms with Crippen LogP contribution in [0.5, 0.6) is 5.75 Å². The lowest BCUT2D eigenvalue weighted by atomic mass is 10.2. The molecule has 1 aromatic carbocycles. The van der Waals surface area contributed by atoms with Crippen molar-refractivity contribution in [1.82, 2.24) is 0 Å². The van der Waals surface area contributed by atoms with Crippen molar-refractivity contribution in [3.63, 3.8) is 0 Å². The predicted molar refractivity (Wildman–Crippen MR) is 70.9 cm³/mol. The number of benzene rings is 1. The van der Waals surface area contributed by atoms with E-state index in [0.29, 0.717) is 24.5 Å². The summed E-state index contributed by atoms with van der Waals surface area (Å²) in [6.07, 6.45) is 1.40. The molecule has 0 amide bonds. The van der Waals surface area contributed by atoms with Gasteiger partial charge in [-0.2, -0.15) is 0 Å². The molecule has 0 fully saturated rings. The van der Waals surface area contributed by atoms with E-state index in [4.69, 9.17) is 9.84 Å². The van der Waals surface area contributed by atoms with Crippen molar-refractivity contribution in [3.05, 3.63) is 29.8 Å². The third-order valence-corrected chi connectivity index (χ3v) is 3.79. The summed E-state index contributed by atoms with van der Waals surface area (Å²) in [5, 5.41) is 8.60. The van der Waals surface area contributed by atoms with Crippen molar-refractivity contribution in [2.24, 2.45) is 0 Å². The highest BCUT2D eigenvalue weighted by Gasteiger charge is 2.00. The quantitative estimate of drug-likeness (QED) is 0.723. The highest BCUT2D eigenvalue weighted by atomic mass is 32.2. The van der Waals surface area contributed by atoms with Gasteiger partial charge >= 0.3 is 0 Å². The molecule has 0 aromatic heterocycles. The Hall–Kier alpha value is -0.870. The van der Waals surface area contributed by atoms with Gasteiger partial charge in [-0.25, -0.2) is 0 Å². The van der Waals surface area contributed by atoms with E-state index in [1.165, 1.54) is 5.56 Å². The van der Waals surface area contributed by atoms with E-state index in [1.54, 1.807) is 0 Å². The summed E-state index contributed by atoms with van der Waals surface area (Å²) in [5.74, 6) is 2.10. The Morgan fingerprint density at radius 3 is 2.76 bits per heavy atom. The Bertz CT molecular complexity index is 352. The van der Waals surface area contributed by atoms with Gasteiger partial charge in [-0.05, 0) is 37.5 Å². The van der Waals surface area contributed by atoms with Gasteiger partial charge in [-0.1, -0.05) is 12.1 Å². The summed E-state index contributed by atoms with van der Waals surface area (Å²) < 4.78 is 17.0. The molecule has 0 radical (unpaired) electrons. The monoisotopic (exact) mass is 256 g/mol. The molecule has 0 bridgehead atoms. The maximum absolute atomic E-state index is 11.4. The van der Waals surface area contributed by atoms with E-state index in [9.17, 15) is 4.21 Å². The molecule has 0 aliphatic rings. The molecule has 96 valence electrons. The molecule has 1 N–H and O–H groups in total. The maximum atomic E-state index is 11.4. The summed E-state index contributed by atoms with van der Waals surface area (Å²) in [6, 6.07) is 7.90. The van der Waals surface area contributed by atoms with Crippen molar-refractivity contribution in [1.29, 1.82) is 0 Å². The molecule has 1 atom stereocenters. The average molecular weight is 256 g/mol. The fourth-order valence-corrected chi connectivity index (χ4v) is 2.54. The Balaban J connectivity index is 2.14. The second-order valence-corrected chi connectivity index (χ2v) is 5.64. The van der Waals surface area contributed by atoms with Crippen LogP contribution in [0.3, 0.4) is 0 Å². The van der Waals surface area contributed by atoms with Crippen LogP contribution < -0.4 is 4.74 Å². The zero-order valence-electron chi connectivity index (χ0n) is 10.2. The second-order valence-electron chi connectivity index (χ2n) is 3.94. The fraction of sp³-hybridized carbons (Fsp3) is 0.538. The number of aliphatic hydroxyl groups excluding tert-OH is 1. The van der Waals surface area contributed by atoms with Gasteiger partial charge in [0.15, 0.2) is 0 Å². The minimum Gasteiger partial charge on any atom is -0.494 e. The topological polar surface area (TPSA) is 46.5 Å². The predicted octanol–water partition coefficient (Wildman–Crippen LogP) is 1.90. The van der Waals surface area contributed by atoms with E-state index in [-0.39, 0.29) is 6.61 Å². The largest absolute Gasteiger partial charge is 0.494 e. The minimum atomic E-state index is -0.822. The van der Waals surface area contributed by atoms with Crippen LogP contribution in [0.25, 0.3) is 0 Å². The lowest BCUT2D eigenvalue weighted by Gasteiger charge is -2.06. The number of hydrogen-bond acceptors (Lipinski definition) is 3. The van der Waals surface area contributed by atoms with Crippen LogP contribution >= 0.6 is 0 Å². The van der Waals surface area contributed by atoms with Crippen molar-refractivity contribution < 1.29 is 14.1 Å². The molecule has 0 spiro atoms. The molecule has 0 saturated heterocycles. The SMILES string of the molecule is Cc1cccc(OCCCS(=O)CCCO)c1. The Labute approximate surface area is 105 Å². The number of aryl methyl sites for hydroxylation is 1. The standard InChI is InChI=1S/C13H20O3S/c1-12-5-2-6-13(11-12)16-8-4-10-17(15)9-3-7-14/h2,5-6,11,14H,3-4,7-10H2,1H3. The Morgan fingerprint density at radius 2 is 2.06 bits per heavy atom. The molecule has 0 heterocycles. The van der Waals surface area contributed by atoms with Crippen molar-refractivity contribution >= 4 is 10.8 Å². The highest BCUT2D eigenvalue weighted by molar-refractivity contribution is 7.84. The first-order valence-corrected chi connectivity index (χ1v) is 7.36. The first-order chi connectivity index (χ1) is 8.22. The van der Waals surface area contributed by atoms with E-state index in [0.717, 1.165) is 12.2 Å². The van der Waals surface area contributed by atoms with Crippen molar-refractivity contribution in [2.75, 3.05) is 24.7 Å². The van der Waals surface area contributed by atoms with Crippen LogP contribution in [-0.4, -0.2) is 34.0 Å². The number of hydrogen-bond donors (Lipinski definition) is 1. The molecule has 1 rings (SSSR count). The molecule has 4 heteroatoms. The van der Waals surface area contributed by atoms with Gasteiger partial charge in [-0.3, -0.25) is 4.21 Å². The molecule has 3 nitrogen and oxygen atoms in total. The lowest BCUT2D eigenvalue weighted by Crippen LogP contribution is -2.08. The van der Waals surface area contributed by atoms with Crippen LogP contribution in [0.15, 0.2) is 24.3 Å². The van der Waals surface area contributed by atoms with E-state index < -0.39 is 10.8 Å². The lowest BCUT2D eigenvalue weighted by molar-refractivity contribution is 0.296. The first-order valence-electron chi connectivity index (χ1n) is 5.87. The molecule has 0 saturated carbocycles. The molecule has 0 aliphatic carbocycles.